The zero-order valence-corrected chi connectivity index (χ0v) is 13.1. The molecule has 22 heavy (non-hydrogen) atoms. The molecule has 0 aromatic heterocycles. The molecule has 1 amide bonds. The Hall–Kier alpha value is -2.04. The van der Waals surface area contributed by atoms with Gasteiger partial charge in [-0.15, -0.1) is 0 Å². The van der Waals surface area contributed by atoms with E-state index in [9.17, 15) is 9.59 Å². The van der Waals surface area contributed by atoms with Gasteiger partial charge in [0, 0.05) is 6.92 Å². The lowest BCUT2D eigenvalue weighted by atomic mass is 9.98. The fourth-order valence-corrected chi connectivity index (χ4v) is 2.84. The van der Waals surface area contributed by atoms with Crippen LogP contribution in [0, 0.1) is 5.92 Å². The number of nitrogens with one attached hydrogen (secondary N) is 1. The first-order valence-corrected chi connectivity index (χ1v) is 7.67. The topological polar surface area (TPSA) is 64.6 Å². The van der Waals surface area contributed by atoms with Gasteiger partial charge in [-0.05, 0) is 36.5 Å². The molecular formula is C17H23NO4. The van der Waals surface area contributed by atoms with E-state index in [1.807, 2.05) is 24.3 Å². The molecule has 0 heterocycles. The first-order valence-electron chi connectivity index (χ1n) is 7.67. The van der Waals surface area contributed by atoms with E-state index >= 15 is 0 Å². The summed E-state index contributed by atoms with van der Waals surface area (Å²) in [6.07, 6.45) is 4.13. The van der Waals surface area contributed by atoms with E-state index in [1.165, 1.54) is 6.92 Å². The summed E-state index contributed by atoms with van der Waals surface area (Å²) >= 11 is 0. The highest BCUT2D eigenvalue weighted by Crippen LogP contribution is 2.28. The number of hydrogen-bond donors (Lipinski definition) is 1. The summed E-state index contributed by atoms with van der Waals surface area (Å²) in [6, 6.07) is 6.83. The highest BCUT2D eigenvalue weighted by molar-refractivity contribution is 5.83. The standard InChI is InChI=1S/C17H23NO4/c1-12(19)18-16(14-5-3-4-6-14)17(20)22-11-13-7-9-15(21-2)10-8-13/h7-10,14,16H,3-6,11H2,1-2H3,(H,18,19). The third-order valence-corrected chi connectivity index (χ3v) is 4.02. The zero-order valence-electron chi connectivity index (χ0n) is 13.1. The second-order valence-electron chi connectivity index (χ2n) is 5.68. The van der Waals surface area contributed by atoms with Gasteiger partial charge in [0.05, 0.1) is 7.11 Å². The summed E-state index contributed by atoms with van der Waals surface area (Å²) in [5.74, 6) is 0.403. The Bertz CT molecular complexity index is 506. The van der Waals surface area contributed by atoms with Crippen molar-refractivity contribution >= 4 is 11.9 Å². The molecule has 1 aliphatic carbocycles. The smallest absolute Gasteiger partial charge is 0.329 e. The van der Waals surface area contributed by atoms with Crippen LogP contribution in [0.2, 0.25) is 0 Å². The second kappa shape index (κ2) is 7.82. The van der Waals surface area contributed by atoms with Gasteiger partial charge in [0.1, 0.15) is 18.4 Å². The minimum atomic E-state index is -0.529. The van der Waals surface area contributed by atoms with Gasteiger partial charge in [0.15, 0.2) is 0 Å². The predicted molar refractivity (Wildman–Crippen MR) is 82.4 cm³/mol. The number of amides is 1. The van der Waals surface area contributed by atoms with E-state index in [0.717, 1.165) is 37.0 Å². The van der Waals surface area contributed by atoms with Crippen molar-refractivity contribution in [3.8, 4) is 5.75 Å². The number of esters is 1. The minimum absolute atomic E-state index is 0.187. The van der Waals surface area contributed by atoms with Crippen molar-refractivity contribution in [1.82, 2.24) is 5.32 Å². The molecule has 1 unspecified atom stereocenters. The Kier molecular flexibility index (Phi) is 5.81. The average Bonchev–Trinajstić information content (AvgIpc) is 3.04. The molecule has 1 atom stereocenters. The summed E-state index contributed by atoms with van der Waals surface area (Å²) < 4.78 is 10.5. The van der Waals surface area contributed by atoms with Crippen molar-refractivity contribution in [2.24, 2.45) is 5.92 Å². The molecule has 0 aliphatic heterocycles. The maximum Gasteiger partial charge on any atom is 0.329 e. The Balaban J connectivity index is 1.93. The summed E-state index contributed by atoms with van der Waals surface area (Å²) in [4.78, 5) is 23.6. The number of rotatable bonds is 6. The third-order valence-electron chi connectivity index (χ3n) is 4.02. The lowest BCUT2D eigenvalue weighted by Crippen LogP contribution is -2.45. The van der Waals surface area contributed by atoms with Crippen LogP contribution in [-0.4, -0.2) is 25.0 Å². The van der Waals surface area contributed by atoms with Crippen LogP contribution >= 0.6 is 0 Å². The van der Waals surface area contributed by atoms with Crippen molar-refractivity contribution in [2.75, 3.05) is 7.11 Å². The molecule has 0 bridgehead atoms. The Morgan fingerprint density at radius 3 is 2.41 bits per heavy atom. The fourth-order valence-electron chi connectivity index (χ4n) is 2.84. The quantitative estimate of drug-likeness (QED) is 0.820. The molecule has 1 N–H and O–H groups in total. The second-order valence-corrected chi connectivity index (χ2v) is 5.68. The van der Waals surface area contributed by atoms with Crippen LogP contribution in [0.3, 0.4) is 0 Å². The number of ether oxygens (including phenoxy) is 2. The van der Waals surface area contributed by atoms with E-state index in [4.69, 9.17) is 9.47 Å². The van der Waals surface area contributed by atoms with Crippen molar-refractivity contribution in [1.29, 1.82) is 0 Å². The SMILES string of the molecule is COc1ccc(COC(=O)C(NC(C)=O)C2CCCC2)cc1. The van der Waals surface area contributed by atoms with Gasteiger partial charge in [-0.25, -0.2) is 4.79 Å². The highest BCUT2D eigenvalue weighted by atomic mass is 16.5. The van der Waals surface area contributed by atoms with Crippen molar-refractivity contribution in [3.05, 3.63) is 29.8 Å². The number of carbonyl (C=O) groups excluding carboxylic acids is 2. The van der Waals surface area contributed by atoms with Crippen LogP contribution in [0.15, 0.2) is 24.3 Å². The summed E-state index contributed by atoms with van der Waals surface area (Å²) in [7, 11) is 1.61. The normalized spacial score (nSPS) is 16.1. The van der Waals surface area contributed by atoms with E-state index in [0.29, 0.717) is 0 Å². The van der Waals surface area contributed by atoms with Gasteiger partial charge >= 0.3 is 5.97 Å². The molecule has 0 saturated heterocycles. The summed E-state index contributed by atoms with van der Waals surface area (Å²) in [6.45, 7) is 1.63. The fraction of sp³-hybridized carbons (Fsp3) is 0.529. The summed E-state index contributed by atoms with van der Waals surface area (Å²) in [5.41, 5.74) is 0.891. The van der Waals surface area contributed by atoms with E-state index in [1.54, 1.807) is 7.11 Å². The first kappa shape index (κ1) is 16.3. The van der Waals surface area contributed by atoms with E-state index in [2.05, 4.69) is 5.32 Å². The van der Waals surface area contributed by atoms with Crippen LogP contribution in [0.5, 0.6) is 5.75 Å². The molecular weight excluding hydrogens is 282 g/mol. The van der Waals surface area contributed by atoms with Crippen LogP contribution in [0.25, 0.3) is 0 Å². The highest BCUT2D eigenvalue weighted by Gasteiger charge is 2.32. The maximum atomic E-state index is 12.3. The van der Waals surface area contributed by atoms with Gasteiger partial charge in [0.25, 0.3) is 0 Å². The molecule has 1 aromatic carbocycles. The first-order chi connectivity index (χ1) is 10.6. The lowest BCUT2D eigenvalue weighted by molar-refractivity contribution is -0.150. The zero-order chi connectivity index (χ0) is 15.9. The molecule has 2 rings (SSSR count). The molecule has 0 spiro atoms. The maximum absolute atomic E-state index is 12.3. The average molecular weight is 305 g/mol. The van der Waals surface area contributed by atoms with Crippen molar-refractivity contribution in [3.63, 3.8) is 0 Å². The van der Waals surface area contributed by atoms with Crippen LogP contribution in [0.4, 0.5) is 0 Å². The molecule has 120 valence electrons. The number of methoxy groups -OCH3 is 1. The van der Waals surface area contributed by atoms with Gasteiger partial charge in [-0.2, -0.15) is 0 Å². The van der Waals surface area contributed by atoms with Crippen LogP contribution in [0.1, 0.15) is 38.2 Å². The molecule has 5 heteroatoms. The Labute approximate surface area is 131 Å². The largest absolute Gasteiger partial charge is 0.497 e. The minimum Gasteiger partial charge on any atom is -0.497 e. The van der Waals surface area contributed by atoms with Crippen LogP contribution in [-0.2, 0) is 20.9 Å². The Morgan fingerprint density at radius 1 is 1.23 bits per heavy atom. The van der Waals surface area contributed by atoms with Crippen molar-refractivity contribution < 1.29 is 19.1 Å². The molecule has 1 saturated carbocycles. The number of benzene rings is 1. The number of carbonyl (C=O) groups is 2. The predicted octanol–water partition coefficient (Wildman–Crippen LogP) is 2.43. The Morgan fingerprint density at radius 2 is 1.86 bits per heavy atom. The lowest BCUT2D eigenvalue weighted by Gasteiger charge is -2.22. The summed E-state index contributed by atoms with van der Waals surface area (Å²) in [5, 5.41) is 2.74. The molecule has 0 radical (unpaired) electrons. The van der Waals surface area contributed by atoms with Gasteiger partial charge in [0.2, 0.25) is 5.91 Å². The third kappa shape index (κ3) is 4.48. The molecule has 1 aliphatic rings. The van der Waals surface area contributed by atoms with Gasteiger partial charge in [-0.3, -0.25) is 4.79 Å². The monoisotopic (exact) mass is 305 g/mol. The molecule has 5 nitrogen and oxygen atoms in total. The van der Waals surface area contributed by atoms with E-state index in [-0.39, 0.29) is 24.4 Å². The molecule has 1 fully saturated rings. The number of hydrogen-bond acceptors (Lipinski definition) is 4. The molecule has 1 aromatic rings. The van der Waals surface area contributed by atoms with Gasteiger partial charge in [-0.1, -0.05) is 25.0 Å². The van der Waals surface area contributed by atoms with Crippen LogP contribution < -0.4 is 10.1 Å². The van der Waals surface area contributed by atoms with Crippen molar-refractivity contribution in [2.45, 2.75) is 45.3 Å². The van der Waals surface area contributed by atoms with E-state index < -0.39 is 6.04 Å². The van der Waals surface area contributed by atoms with Gasteiger partial charge < -0.3 is 14.8 Å².